The minimum atomic E-state index is -0.511. The van der Waals surface area contributed by atoms with Gasteiger partial charge in [0.15, 0.2) is 0 Å². The zero-order chi connectivity index (χ0) is 15.2. The molecule has 0 unspecified atom stereocenters. The number of halogens is 2. The van der Waals surface area contributed by atoms with E-state index in [9.17, 15) is 4.79 Å². The van der Waals surface area contributed by atoms with Crippen LogP contribution in [0.3, 0.4) is 0 Å². The first kappa shape index (κ1) is 19.0. The molecule has 120 valence electrons. The molecule has 1 aromatic heterocycles. The SMILES string of the molecule is CCN(Cc1ccc(Cl)s1)C(=O)[C@@H](N)Cc1ccccc1.Cl. The summed E-state index contributed by atoms with van der Waals surface area (Å²) < 4.78 is 0.738. The van der Waals surface area contributed by atoms with Crippen LogP contribution in [0.1, 0.15) is 17.4 Å². The smallest absolute Gasteiger partial charge is 0.240 e. The minimum absolute atomic E-state index is 0. The molecule has 2 aromatic rings. The average molecular weight is 359 g/mol. The number of hydrogen-bond acceptors (Lipinski definition) is 3. The van der Waals surface area contributed by atoms with Gasteiger partial charge in [0.2, 0.25) is 5.91 Å². The Hall–Kier alpha value is -1.07. The highest BCUT2D eigenvalue weighted by Crippen LogP contribution is 2.23. The molecule has 1 atom stereocenters. The Morgan fingerprint density at radius 3 is 2.50 bits per heavy atom. The number of nitrogens with two attached hydrogens (primary N) is 1. The van der Waals surface area contributed by atoms with Crippen molar-refractivity contribution >= 4 is 41.3 Å². The molecule has 0 fully saturated rings. The second-order valence-electron chi connectivity index (χ2n) is 4.85. The summed E-state index contributed by atoms with van der Waals surface area (Å²) in [6, 6.07) is 13.1. The van der Waals surface area contributed by atoms with E-state index in [4.69, 9.17) is 17.3 Å². The van der Waals surface area contributed by atoms with Gasteiger partial charge in [-0.2, -0.15) is 0 Å². The van der Waals surface area contributed by atoms with Gasteiger partial charge in [0.25, 0.3) is 0 Å². The van der Waals surface area contributed by atoms with Crippen LogP contribution in [0.4, 0.5) is 0 Å². The quantitative estimate of drug-likeness (QED) is 0.854. The first-order valence-electron chi connectivity index (χ1n) is 6.92. The zero-order valence-electron chi connectivity index (χ0n) is 12.4. The van der Waals surface area contributed by atoms with Crippen molar-refractivity contribution in [2.24, 2.45) is 5.73 Å². The minimum Gasteiger partial charge on any atom is -0.336 e. The molecule has 1 aromatic carbocycles. The zero-order valence-corrected chi connectivity index (χ0v) is 14.8. The molecule has 0 saturated heterocycles. The molecule has 3 nitrogen and oxygen atoms in total. The molecule has 0 saturated carbocycles. The molecule has 22 heavy (non-hydrogen) atoms. The van der Waals surface area contributed by atoms with E-state index in [1.54, 1.807) is 4.90 Å². The largest absolute Gasteiger partial charge is 0.336 e. The first-order chi connectivity index (χ1) is 10.1. The van der Waals surface area contributed by atoms with E-state index in [-0.39, 0.29) is 18.3 Å². The van der Waals surface area contributed by atoms with Gasteiger partial charge in [0.1, 0.15) is 0 Å². The van der Waals surface area contributed by atoms with Crippen molar-refractivity contribution in [2.45, 2.75) is 25.9 Å². The number of carbonyl (C=O) groups excluding carboxylic acids is 1. The number of amides is 1. The average Bonchev–Trinajstić information content (AvgIpc) is 2.90. The fourth-order valence-corrected chi connectivity index (χ4v) is 3.26. The Balaban J connectivity index is 0.00000242. The predicted octanol–water partition coefficient (Wildman–Crippen LogP) is 3.74. The fraction of sp³-hybridized carbons (Fsp3) is 0.312. The summed E-state index contributed by atoms with van der Waals surface area (Å²) in [6.07, 6.45) is 0.557. The summed E-state index contributed by atoms with van der Waals surface area (Å²) in [7, 11) is 0. The Morgan fingerprint density at radius 2 is 1.95 bits per heavy atom. The van der Waals surface area contributed by atoms with E-state index < -0.39 is 6.04 Å². The summed E-state index contributed by atoms with van der Waals surface area (Å²) in [5.41, 5.74) is 7.15. The van der Waals surface area contributed by atoms with E-state index >= 15 is 0 Å². The van der Waals surface area contributed by atoms with Crippen molar-refractivity contribution in [3.63, 3.8) is 0 Å². The highest BCUT2D eigenvalue weighted by molar-refractivity contribution is 7.16. The molecule has 1 amide bonds. The third-order valence-corrected chi connectivity index (χ3v) is 4.50. The molecular formula is C16H20Cl2N2OS. The summed E-state index contributed by atoms with van der Waals surface area (Å²) >= 11 is 7.42. The van der Waals surface area contributed by atoms with Gasteiger partial charge >= 0.3 is 0 Å². The molecular weight excluding hydrogens is 339 g/mol. The summed E-state index contributed by atoms with van der Waals surface area (Å²) in [5.74, 6) is -0.0223. The number of rotatable bonds is 6. The normalized spacial score (nSPS) is 11.6. The third-order valence-electron chi connectivity index (χ3n) is 3.28. The van der Waals surface area contributed by atoms with Crippen molar-refractivity contribution in [3.05, 3.63) is 57.2 Å². The van der Waals surface area contributed by atoms with E-state index in [2.05, 4.69) is 0 Å². The van der Waals surface area contributed by atoms with Gasteiger partial charge in [-0.25, -0.2) is 0 Å². The summed E-state index contributed by atoms with van der Waals surface area (Å²) in [6.45, 7) is 3.16. The van der Waals surface area contributed by atoms with Crippen LogP contribution >= 0.6 is 35.3 Å². The van der Waals surface area contributed by atoms with E-state index in [0.717, 1.165) is 14.8 Å². The molecule has 0 radical (unpaired) electrons. The van der Waals surface area contributed by atoms with Gasteiger partial charge in [0, 0.05) is 11.4 Å². The van der Waals surface area contributed by atoms with Crippen LogP contribution in [-0.2, 0) is 17.8 Å². The Bertz CT molecular complexity index is 589. The van der Waals surface area contributed by atoms with Crippen LogP contribution in [0.5, 0.6) is 0 Å². The number of hydrogen-bond donors (Lipinski definition) is 1. The topological polar surface area (TPSA) is 46.3 Å². The number of benzene rings is 1. The second kappa shape index (κ2) is 9.16. The molecule has 2 N–H and O–H groups in total. The monoisotopic (exact) mass is 358 g/mol. The molecule has 0 aliphatic heterocycles. The maximum atomic E-state index is 12.5. The van der Waals surface area contributed by atoms with Crippen LogP contribution in [-0.4, -0.2) is 23.4 Å². The van der Waals surface area contributed by atoms with Crippen LogP contribution in [0.15, 0.2) is 42.5 Å². The first-order valence-corrected chi connectivity index (χ1v) is 8.12. The fourth-order valence-electron chi connectivity index (χ4n) is 2.16. The highest BCUT2D eigenvalue weighted by Gasteiger charge is 2.20. The predicted molar refractivity (Wildman–Crippen MR) is 95.8 cm³/mol. The lowest BCUT2D eigenvalue weighted by molar-refractivity contribution is -0.132. The van der Waals surface area contributed by atoms with Crippen molar-refractivity contribution in [1.29, 1.82) is 0 Å². The van der Waals surface area contributed by atoms with Gasteiger partial charge in [0.05, 0.1) is 16.9 Å². The number of carbonyl (C=O) groups is 1. The number of thiophene rings is 1. The maximum Gasteiger partial charge on any atom is 0.240 e. The lowest BCUT2D eigenvalue weighted by Crippen LogP contribution is -2.44. The second-order valence-corrected chi connectivity index (χ2v) is 6.65. The van der Waals surface area contributed by atoms with Crippen molar-refractivity contribution in [1.82, 2.24) is 4.90 Å². The Morgan fingerprint density at radius 1 is 1.27 bits per heavy atom. The van der Waals surface area contributed by atoms with Crippen molar-refractivity contribution < 1.29 is 4.79 Å². The van der Waals surface area contributed by atoms with E-state index in [1.165, 1.54) is 11.3 Å². The molecule has 2 rings (SSSR count). The molecule has 0 spiro atoms. The molecule has 0 aliphatic rings. The highest BCUT2D eigenvalue weighted by atomic mass is 35.5. The lowest BCUT2D eigenvalue weighted by Gasteiger charge is -2.24. The molecule has 0 aliphatic carbocycles. The van der Waals surface area contributed by atoms with Crippen molar-refractivity contribution in [2.75, 3.05) is 6.54 Å². The van der Waals surface area contributed by atoms with Gasteiger partial charge < -0.3 is 10.6 Å². The molecule has 1 heterocycles. The number of likely N-dealkylation sites (N-methyl/N-ethyl adjacent to an activating group) is 1. The molecule has 6 heteroatoms. The summed E-state index contributed by atoms with van der Waals surface area (Å²) in [4.78, 5) is 15.3. The van der Waals surface area contributed by atoms with Gasteiger partial charge in [-0.15, -0.1) is 23.7 Å². The molecule has 0 bridgehead atoms. The van der Waals surface area contributed by atoms with E-state index in [1.807, 2.05) is 49.4 Å². The van der Waals surface area contributed by atoms with Gasteiger partial charge in [-0.3, -0.25) is 4.79 Å². The van der Waals surface area contributed by atoms with Crippen LogP contribution < -0.4 is 5.73 Å². The van der Waals surface area contributed by atoms with Crippen LogP contribution in [0, 0.1) is 0 Å². The van der Waals surface area contributed by atoms with Gasteiger partial charge in [-0.05, 0) is 31.0 Å². The maximum absolute atomic E-state index is 12.5. The van der Waals surface area contributed by atoms with Crippen molar-refractivity contribution in [3.8, 4) is 0 Å². The lowest BCUT2D eigenvalue weighted by atomic mass is 10.1. The number of nitrogens with zero attached hydrogens (tertiary/aromatic N) is 1. The Kier molecular flexibility index (Phi) is 7.90. The third kappa shape index (κ3) is 5.29. The van der Waals surface area contributed by atoms with Crippen LogP contribution in [0.25, 0.3) is 0 Å². The standard InChI is InChI=1S/C16H19ClN2OS.ClH/c1-2-19(11-13-8-9-15(17)21-13)16(20)14(18)10-12-6-4-3-5-7-12;/h3-9,14H,2,10-11,18H2,1H3;1H/t14-;/m0./s1. The summed E-state index contributed by atoms with van der Waals surface area (Å²) in [5, 5.41) is 0. The van der Waals surface area contributed by atoms with Crippen LogP contribution in [0.2, 0.25) is 4.34 Å². The van der Waals surface area contributed by atoms with E-state index in [0.29, 0.717) is 19.5 Å². The van der Waals surface area contributed by atoms with Gasteiger partial charge in [-0.1, -0.05) is 41.9 Å². The Labute approximate surface area is 146 Å².